The smallest absolute Gasteiger partial charge is 0.177 e. The molecule has 0 radical (unpaired) electrons. The van der Waals surface area contributed by atoms with Crippen molar-refractivity contribution in [2.45, 2.75) is 109 Å². The average Bonchev–Trinajstić information content (AvgIpc) is 3.04. The number of hydrogen-bond acceptors (Lipinski definition) is 5. The van der Waals surface area contributed by atoms with Crippen LogP contribution >= 0.6 is 0 Å². The lowest BCUT2D eigenvalue weighted by molar-refractivity contribution is -0.145. The van der Waals surface area contributed by atoms with Gasteiger partial charge in [-0.15, -0.1) is 0 Å². The van der Waals surface area contributed by atoms with E-state index in [-0.39, 0.29) is 29.2 Å². The van der Waals surface area contributed by atoms with Crippen molar-refractivity contribution >= 4 is 11.0 Å². The number of pyridine rings is 1. The highest BCUT2D eigenvalue weighted by molar-refractivity contribution is 5.82. The van der Waals surface area contributed by atoms with E-state index < -0.39 is 17.6 Å². The normalized spacial score (nSPS) is 34.2. The Labute approximate surface area is 189 Å². The molecule has 0 aromatic carbocycles. The summed E-state index contributed by atoms with van der Waals surface area (Å²) in [7, 11) is 0. The molecule has 6 nitrogen and oxygen atoms in total. The van der Waals surface area contributed by atoms with Crippen LogP contribution in [0.4, 0.5) is 4.39 Å². The topological polar surface area (TPSA) is 81.6 Å². The summed E-state index contributed by atoms with van der Waals surface area (Å²) in [6.45, 7) is 8.05. The fourth-order valence-corrected chi connectivity index (χ4v) is 7.07. The van der Waals surface area contributed by atoms with Crippen LogP contribution in [-0.2, 0) is 0 Å². The highest BCUT2D eigenvalue weighted by atomic mass is 19.1. The molecule has 2 aromatic heterocycles. The zero-order valence-corrected chi connectivity index (χ0v) is 19.6. The van der Waals surface area contributed by atoms with Crippen LogP contribution < -0.4 is 4.74 Å². The molecule has 6 atom stereocenters. The molecular formula is C25H36FN3O3. The second-order valence-electron chi connectivity index (χ2n) is 11.3. The van der Waals surface area contributed by atoms with Crippen LogP contribution in [0, 0.1) is 11.2 Å². The number of aliphatic hydroxyl groups excluding tert-OH is 1. The molecule has 6 rings (SSSR count). The van der Waals surface area contributed by atoms with Crippen LogP contribution in [0.5, 0.6) is 5.75 Å². The van der Waals surface area contributed by atoms with E-state index in [0.717, 1.165) is 44.1 Å². The summed E-state index contributed by atoms with van der Waals surface area (Å²) in [6, 6.07) is 0.500. The third-order valence-electron chi connectivity index (χ3n) is 8.05. The lowest BCUT2D eigenvalue weighted by Crippen LogP contribution is -2.59. The van der Waals surface area contributed by atoms with Gasteiger partial charge in [-0.1, -0.05) is 13.8 Å². The fourth-order valence-electron chi connectivity index (χ4n) is 7.07. The minimum atomic E-state index is -0.624. The number of aliphatic hydroxyl groups is 2. The monoisotopic (exact) mass is 445 g/mol. The van der Waals surface area contributed by atoms with E-state index in [2.05, 4.69) is 21.8 Å². The number of hydrogen-bond donors (Lipinski definition) is 3. The Bertz CT molecular complexity index is 1000. The maximum absolute atomic E-state index is 15.3. The predicted octanol–water partition coefficient (Wildman–Crippen LogP) is 4.46. The maximum atomic E-state index is 15.3. The van der Waals surface area contributed by atoms with E-state index in [1.54, 1.807) is 6.20 Å². The SMILES string of the molecule is CC(C)Oc1cnc2[nH]cc(C(C)CC(O)N3C4CCC5(O)CC3CC(C)(C4)C5)c2c1F. The number of halogens is 1. The third kappa shape index (κ3) is 3.72. The Balaban J connectivity index is 1.39. The lowest BCUT2D eigenvalue weighted by Gasteiger charge is -2.55. The molecule has 2 aliphatic carbocycles. The van der Waals surface area contributed by atoms with E-state index >= 15 is 4.39 Å². The van der Waals surface area contributed by atoms with Crippen molar-refractivity contribution in [2.24, 2.45) is 5.41 Å². The number of nitrogens with one attached hydrogen (secondary N) is 1. The molecule has 4 fully saturated rings. The van der Waals surface area contributed by atoms with Crippen LogP contribution in [0.2, 0.25) is 0 Å². The highest BCUT2D eigenvalue weighted by Crippen LogP contribution is 2.56. The summed E-state index contributed by atoms with van der Waals surface area (Å²) in [5.41, 5.74) is 0.882. The number of rotatable bonds is 6. The standard InChI is InChI=1S/C25H36FN3O3/c1-14(2)32-19-12-28-23-21(22(19)26)18(11-27-23)15(3)7-20(30)29-16-5-6-25(31)10-17(29)9-24(4,8-16)13-25/h11-12,14-17,20,30-31H,5-10,13H2,1-4H3,(H,27,28). The molecule has 0 spiro atoms. The predicted molar refractivity (Wildman–Crippen MR) is 121 cm³/mol. The van der Waals surface area contributed by atoms with Crippen LogP contribution in [0.1, 0.15) is 84.1 Å². The van der Waals surface area contributed by atoms with Crippen molar-refractivity contribution in [2.75, 3.05) is 0 Å². The van der Waals surface area contributed by atoms with Gasteiger partial charge in [0.05, 0.1) is 23.3 Å². The van der Waals surface area contributed by atoms with Crippen molar-refractivity contribution in [3.05, 3.63) is 23.8 Å². The minimum Gasteiger partial charge on any atom is -0.486 e. The first-order chi connectivity index (χ1) is 15.1. The quantitative estimate of drug-likeness (QED) is 0.612. The lowest BCUT2D eigenvalue weighted by atomic mass is 9.63. The van der Waals surface area contributed by atoms with E-state index in [1.807, 2.05) is 20.8 Å². The van der Waals surface area contributed by atoms with E-state index in [1.165, 1.54) is 6.20 Å². The fraction of sp³-hybridized carbons (Fsp3) is 0.720. The molecule has 0 amide bonds. The third-order valence-corrected chi connectivity index (χ3v) is 8.05. The van der Waals surface area contributed by atoms with Crippen molar-refractivity contribution < 1.29 is 19.3 Å². The van der Waals surface area contributed by atoms with Crippen LogP contribution in [0.15, 0.2) is 12.4 Å². The molecule has 2 saturated heterocycles. The van der Waals surface area contributed by atoms with Crippen LogP contribution in [0.3, 0.4) is 0 Å². The van der Waals surface area contributed by atoms with Gasteiger partial charge >= 0.3 is 0 Å². The molecule has 4 aliphatic rings. The zero-order chi connectivity index (χ0) is 22.8. The van der Waals surface area contributed by atoms with E-state index in [9.17, 15) is 10.2 Å². The molecule has 7 heteroatoms. The Kier molecular flexibility index (Phi) is 5.30. The van der Waals surface area contributed by atoms with Gasteiger partial charge in [0.1, 0.15) is 11.9 Å². The molecule has 2 aromatic rings. The first-order valence-corrected chi connectivity index (χ1v) is 12.1. The Hall–Kier alpha value is -1.70. The van der Waals surface area contributed by atoms with E-state index in [0.29, 0.717) is 23.5 Å². The summed E-state index contributed by atoms with van der Waals surface area (Å²) in [6.07, 6.45) is 8.39. The Morgan fingerprint density at radius 3 is 2.78 bits per heavy atom. The van der Waals surface area contributed by atoms with Crippen molar-refractivity contribution in [1.29, 1.82) is 0 Å². The number of ether oxygens (including phenoxy) is 1. The largest absolute Gasteiger partial charge is 0.486 e. The Morgan fingerprint density at radius 2 is 2.03 bits per heavy atom. The number of piperidine rings is 1. The average molecular weight is 446 g/mol. The van der Waals surface area contributed by atoms with Gasteiger partial charge in [0.25, 0.3) is 0 Å². The van der Waals surface area contributed by atoms with Gasteiger partial charge in [0.15, 0.2) is 11.6 Å². The minimum absolute atomic E-state index is 0.0680. The molecule has 3 N–H and O–H groups in total. The van der Waals surface area contributed by atoms with Crippen molar-refractivity contribution in [1.82, 2.24) is 14.9 Å². The number of fused-ring (bicyclic) bond motifs is 2. The van der Waals surface area contributed by atoms with Gasteiger partial charge in [0, 0.05) is 18.3 Å². The number of aromatic nitrogens is 2. The maximum Gasteiger partial charge on any atom is 0.177 e. The van der Waals surface area contributed by atoms with Gasteiger partial charge < -0.3 is 19.9 Å². The van der Waals surface area contributed by atoms with Crippen LogP contribution in [0.25, 0.3) is 11.0 Å². The molecule has 2 saturated carbocycles. The molecule has 176 valence electrons. The Morgan fingerprint density at radius 1 is 1.28 bits per heavy atom. The first kappa shape index (κ1) is 22.1. The number of nitrogens with zero attached hydrogens (tertiary/aromatic N) is 2. The molecule has 2 aliphatic heterocycles. The van der Waals surface area contributed by atoms with Gasteiger partial charge in [-0.25, -0.2) is 9.37 Å². The summed E-state index contributed by atoms with van der Waals surface area (Å²) in [5, 5.41) is 22.9. The first-order valence-electron chi connectivity index (χ1n) is 12.1. The van der Waals surface area contributed by atoms with E-state index in [4.69, 9.17) is 4.74 Å². The van der Waals surface area contributed by atoms with Gasteiger partial charge in [0.2, 0.25) is 0 Å². The summed E-state index contributed by atoms with van der Waals surface area (Å²) < 4.78 is 20.9. The second kappa shape index (κ2) is 7.67. The molecular weight excluding hydrogens is 409 g/mol. The van der Waals surface area contributed by atoms with Gasteiger partial charge in [-0.05, 0) is 75.7 Å². The summed E-state index contributed by atoms with van der Waals surface area (Å²) in [5.74, 6) is -0.312. The molecule has 4 bridgehead atoms. The number of H-pyrrole nitrogens is 1. The summed E-state index contributed by atoms with van der Waals surface area (Å²) in [4.78, 5) is 9.68. The molecule has 6 unspecified atom stereocenters. The molecule has 4 heterocycles. The second-order valence-corrected chi connectivity index (χ2v) is 11.3. The highest BCUT2D eigenvalue weighted by Gasteiger charge is 2.56. The van der Waals surface area contributed by atoms with Crippen molar-refractivity contribution in [3.63, 3.8) is 0 Å². The van der Waals surface area contributed by atoms with Crippen molar-refractivity contribution in [3.8, 4) is 5.75 Å². The van der Waals surface area contributed by atoms with Gasteiger partial charge in [-0.3, -0.25) is 4.90 Å². The van der Waals surface area contributed by atoms with Gasteiger partial charge in [-0.2, -0.15) is 0 Å². The van der Waals surface area contributed by atoms with Crippen LogP contribution in [-0.4, -0.2) is 55.1 Å². The summed E-state index contributed by atoms with van der Waals surface area (Å²) >= 11 is 0. The zero-order valence-electron chi connectivity index (χ0n) is 19.6. The molecule has 32 heavy (non-hydrogen) atoms. The number of aromatic amines is 1.